The van der Waals surface area contributed by atoms with Crippen LogP contribution in [-0.4, -0.2) is 18.2 Å². The molecule has 0 bridgehead atoms. The normalized spacial score (nSPS) is 10.2. The monoisotopic (exact) mass is 276 g/mol. The van der Waals surface area contributed by atoms with Gasteiger partial charge >= 0.3 is 5.97 Å². The molecule has 2 rings (SSSR count). The lowest BCUT2D eigenvalue weighted by Gasteiger charge is -2.10. The topological polar surface area (TPSA) is 46.5 Å². The predicted molar refractivity (Wildman–Crippen MR) is 74.2 cm³/mol. The number of carboxylic acid groups (broad SMARTS) is 1. The highest BCUT2D eigenvalue weighted by Crippen LogP contribution is 2.24. The molecule has 0 aliphatic carbocycles. The summed E-state index contributed by atoms with van der Waals surface area (Å²) in [5, 5.41) is 9.62. The van der Waals surface area contributed by atoms with Crippen molar-refractivity contribution in [3.05, 3.63) is 64.2 Å². The van der Waals surface area contributed by atoms with E-state index in [4.69, 9.17) is 16.3 Å². The lowest BCUT2D eigenvalue weighted by molar-refractivity contribution is 0.0696. The molecule has 0 saturated carbocycles. The second-order valence-corrected chi connectivity index (χ2v) is 4.53. The van der Waals surface area contributed by atoms with Gasteiger partial charge in [0, 0.05) is 11.4 Å². The summed E-state index contributed by atoms with van der Waals surface area (Å²) in [7, 11) is 1.60. The van der Waals surface area contributed by atoms with E-state index >= 15 is 0 Å². The number of para-hydroxylation sites is 1. The third-order valence-electron chi connectivity index (χ3n) is 2.88. The van der Waals surface area contributed by atoms with Gasteiger partial charge in [0.15, 0.2) is 0 Å². The summed E-state index contributed by atoms with van der Waals surface area (Å²) in [6, 6.07) is 12.4. The molecule has 1 N–H and O–H groups in total. The largest absolute Gasteiger partial charge is 0.496 e. The van der Waals surface area contributed by atoms with Crippen molar-refractivity contribution in [2.24, 2.45) is 0 Å². The molecule has 0 amide bonds. The number of carboxylic acids is 1. The SMILES string of the molecule is COc1ccccc1Cc1ccc(Cl)cc1C(=O)O. The van der Waals surface area contributed by atoms with E-state index in [9.17, 15) is 9.90 Å². The van der Waals surface area contributed by atoms with Crippen molar-refractivity contribution in [3.63, 3.8) is 0 Å². The highest BCUT2D eigenvalue weighted by molar-refractivity contribution is 6.30. The number of hydrogen-bond donors (Lipinski definition) is 1. The van der Waals surface area contributed by atoms with E-state index in [1.165, 1.54) is 6.07 Å². The van der Waals surface area contributed by atoms with Gasteiger partial charge in [-0.05, 0) is 29.3 Å². The molecule has 0 aliphatic heterocycles. The van der Waals surface area contributed by atoms with Gasteiger partial charge in [-0.3, -0.25) is 0 Å². The van der Waals surface area contributed by atoms with Crippen LogP contribution in [0.5, 0.6) is 5.75 Å². The minimum absolute atomic E-state index is 0.221. The van der Waals surface area contributed by atoms with E-state index < -0.39 is 5.97 Å². The first-order valence-corrected chi connectivity index (χ1v) is 6.13. The molecule has 4 heteroatoms. The van der Waals surface area contributed by atoms with Gasteiger partial charge in [0.05, 0.1) is 12.7 Å². The standard InChI is InChI=1S/C15H13ClO3/c1-19-14-5-3-2-4-11(14)8-10-6-7-12(16)9-13(10)15(17)18/h2-7,9H,8H2,1H3,(H,17,18). The van der Waals surface area contributed by atoms with E-state index in [2.05, 4.69) is 0 Å². The third-order valence-corrected chi connectivity index (χ3v) is 3.11. The fraction of sp³-hybridized carbons (Fsp3) is 0.133. The zero-order chi connectivity index (χ0) is 13.8. The number of aromatic carboxylic acids is 1. The number of hydrogen-bond acceptors (Lipinski definition) is 2. The molecule has 0 heterocycles. The third kappa shape index (κ3) is 3.06. The Morgan fingerprint density at radius 2 is 1.95 bits per heavy atom. The van der Waals surface area contributed by atoms with Crippen LogP contribution in [0.25, 0.3) is 0 Å². The minimum Gasteiger partial charge on any atom is -0.496 e. The van der Waals surface area contributed by atoms with Crippen molar-refractivity contribution < 1.29 is 14.6 Å². The predicted octanol–water partition coefficient (Wildman–Crippen LogP) is 3.64. The Hall–Kier alpha value is -2.00. The van der Waals surface area contributed by atoms with Crippen molar-refractivity contribution in [1.29, 1.82) is 0 Å². The van der Waals surface area contributed by atoms with Crippen molar-refractivity contribution in [3.8, 4) is 5.75 Å². The fourth-order valence-corrected chi connectivity index (χ4v) is 2.13. The van der Waals surface area contributed by atoms with Crippen LogP contribution < -0.4 is 4.74 Å². The molecule has 0 saturated heterocycles. The molecular formula is C15H13ClO3. The Kier molecular flexibility index (Phi) is 4.07. The van der Waals surface area contributed by atoms with Gasteiger partial charge in [0.25, 0.3) is 0 Å². The summed E-state index contributed by atoms with van der Waals surface area (Å²) in [5.74, 6) is -0.235. The van der Waals surface area contributed by atoms with Gasteiger partial charge in [0.1, 0.15) is 5.75 Å². The van der Waals surface area contributed by atoms with Crippen LogP contribution in [0.3, 0.4) is 0 Å². The first kappa shape index (κ1) is 13.4. The summed E-state index contributed by atoms with van der Waals surface area (Å²) >= 11 is 5.83. The van der Waals surface area contributed by atoms with E-state index in [0.717, 1.165) is 11.3 Å². The second kappa shape index (κ2) is 5.76. The zero-order valence-electron chi connectivity index (χ0n) is 10.4. The van der Waals surface area contributed by atoms with Crippen molar-refractivity contribution in [2.75, 3.05) is 7.11 Å². The molecule has 2 aromatic carbocycles. The van der Waals surface area contributed by atoms with Gasteiger partial charge < -0.3 is 9.84 Å². The van der Waals surface area contributed by atoms with Gasteiger partial charge in [-0.15, -0.1) is 0 Å². The molecule has 0 unspecified atom stereocenters. The Balaban J connectivity index is 2.41. The number of halogens is 1. The number of benzene rings is 2. The van der Waals surface area contributed by atoms with Gasteiger partial charge in [-0.1, -0.05) is 35.9 Å². The molecule has 98 valence electrons. The number of methoxy groups -OCH3 is 1. The van der Waals surface area contributed by atoms with Crippen molar-refractivity contribution >= 4 is 17.6 Å². The van der Waals surface area contributed by atoms with Crippen LogP contribution in [0.4, 0.5) is 0 Å². The fourth-order valence-electron chi connectivity index (χ4n) is 1.96. The lowest BCUT2D eigenvalue weighted by Crippen LogP contribution is -2.04. The Bertz CT molecular complexity index is 608. The molecule has 0 aromatic heterocycles. The van der Waals surface area contributed by atoms with E-state index in [1.807, 2.05) is 24.3 Å². The van der Waals surface area contributed by atoms with Crippen LogP contribution in [0.15, 0.2) is 42.5 Å². The highest BCUT2D eigenvalue weighted by Gasteiger charge is 2.12. The average molecular weight is 277 g/mol. The first-order valence-electron chi connectivity index (χ1n) is 5.75. The maximum Gasteiger partial charge on any atom is 0.336 e. The summed E-state index contributed by atoms with van der Waals surface area (Å²) < 4.78 is 5.27. The summed E-state index contributed by atoms with van der Waals surface area (Å²) in [4.78, 5) is 11.2. The van der Waals surface area contributed by atoms with Crippen LogP contribution in [0.2, 0.25) is 5.02 Å². The average Bonchev–Trinajstić information content (AvgIpc) is 2.41. The maximum atomic E-state index is 11.2. The smallest absolute Gasteiger partial charge is 0.336 e. The van der Waals surface area contributed by atoms with Crippen LogP contribution >= 0.6 is 11.6 Å². The molecule has 0 aliphatic rings. The van der Waals surface area contributed by atoms with Crippen LogP contribution in [0, 0.1) is 0 Å². The number of carbonyl (C=O) groups is 1. The first-order chi connectivity index (χ1) is 9.11. The Morgan fingerprint density at radius 3 is 2.63 bits per heavy atom. The lowest BCUT2D eigenvalue weighted by atomic mass is 9.99. The molecule has 0 spiro atoms. The van der Waals surface area contributed by atoms with Crippen molar-refractivity contribution in [1.82, 2.24) is 0 Å². The summed E-state index contributed by atoms with van der Waals surface area (Å²) in [6.07, 6.45) is 0.489. The van der Waals surface area contributed by atoms with Gasteiger partial charge in [0.2, 0.25) is 0 Å². The molecule has 0 atom stereocenters. The van der Waals surface area contributed by atoms with E-state index in [-0.39, 0.29) is 5.56 Å². The van der Waals surface area contributed by atoms with Crippen LogP contribution in [-0.2, 0) is 6.42 Å². The van der Waals surface area contributed by atoms with Gasteiger partial charge in [-0.25, -0.2) is 4.79 Å². The van der Waals surface area contributed by atoms with Crippen LogP contribution in [0.1, 0.15) is 21.5 Å². The Morgan fingerprint density at radius 1 is 1.21 bits per heavy atom. The molecule has 2 aromatic rings. The number of rotatable bonds is 4. The minimum atomic E-state index is -0.979. The quantitative estimate of drug-likeness (QED) is 0.927. The molecule has 19 heavy (non-hydrogen) atoms. The zero-order valence-corrected chi connectivity index (χ0v) is 11.1. The van der Waals surface area contributed by atoms with E-state index in [0.29, 0.717) is 17.0 Å². The molecule has 0 radical (unpaired) electrons. The highest BCUT2D eigenvalue weighted by atomic mass is 35.5. The van der Waals surface area contributed by atoms with Crippen molar-refractivity contribution in [2.45, 2.75) is 6.42 Å². The Labute approximate surface area is 116 Å². The summed E-state index contributed by atoms with van der Waals surface area (Å²) in [6.45, 7) is 0. The molecule has 3 nitrogen and oxygen atoms in total. The maximum absolute atomic E-state index is 11.2. The second-order valence-electron chi connectivity index (χ2n) is 4.10. The number of ether oxygens (including phenoxy) is 1. The molecule has 0 fully saturated rings. The molecular weight excluding hydrogens is 264 g/mol. The summed E-state index contributed by atoms with van der Waals surface area (Å²) in [5.41, 5.74) is 1.87. The van der Waals surface area contributed by atoms with Gasteiger partial charge in [-0.2, -0.15) is 0 Å². The van der Waals surface area contributed by atoms with E-state index in [1.54, 1.807) is 19.2 Å².